The quantitative estimate of drug-likeness (QED) is 0.780. The minimum atomic E-state index is -1.03. The first-order valence-corrected chi connectivity index (χ1v) is 4.84. The van der Waals surface area contributed by atoms with Crippen LogP contribution in [0.5, 0.6) is 11.5 Å². The van der Waals surface area contributed by atoms with E-state index in [-0.39, 0.29) is 18.8 Å². The maximum atomic E-state index is 10.8. The minimum absolute atomic E-state index is 0.129. The van der Waals surface area contributed by atoms with Gasteiger partial charge in [-0.1, -0.05) is 0 Å². The van der Waals surface area contributed by atoms with Crippen LogP contribution >= 0.6 is 0 Å². The Morgan fingerprint density at radius 1 is 1.50 bits per heavy atom. The Morgan fingerprint density at radius 3 is 2.88 bits per heavy atom. The molecule has 0 aromatic heterocycles. The normalized spacial score (nSPS) is 22.9. The molecule has 2 N–H and O–H groups in total. The van der Waals surface area contributed by atoms with Crippen molar-refractivity contribution in [2.45, 2.75) is 12.5 Å². The van der Waals surface area contributed by atoms with Crippen LogP contribution < -0.4 is 9.47 Å². The Balaban J connectivity index is 2.35. The molecule has 0 bridgehead atoms. The second kappa shape index (κ2) is 3.68. The molecule has 5 nitrogen and oxygen atoms in total. The van der Waals surface area contributed by atoms with Crippen molar-refractivity contribution in [1.29, 1.82) is 0 Å². The number of benzene rings is 1. The van der Waals surface area contributed by atoms with E-state index in [1.54, 1.807) is 13.0 Å². The number of hydrogen-bond donors (Lipinski definition) is 2. The lowest BCUT2D eigenvalue weighted by atomic mass is 10.1. The third kappa shape index (κ3) is 1.81. The summed E-state index contributed by atoms with van der Waals surface area (Å²) in [6.45, 7) is 1.75. The van der Waals surface area contributed by atoms with Crippen molar-refractivity contribution in [3.63, 3.8) is 0 Å². The summed E-state index contributed by atoms with van der Waals surface area (Å²) in [6, 6.07) is 4.40. The van der Waals surface area contributed by atoms with E-state index >= 15 is 0 Å². The van der Waals surface area contributed by atoms with Gasteiger partial charge in [0.15, 0.2) is 17.1 Å². The average Bonchev–Trinajstić information content (AvgIpc) is 2.28. The van der Waals surface area contributed by atoms with Gasteiger partial charge >= 0.3 is 5.97 Å². The largest absolute Gasteiger partial charge is 0.485 e. The Labute approximate surface area is 92.2 Å². The highest BCUT2D eigenvalue weighted by molar-refractivity contribution is 5.88. The number of rotatable bonds is 2. The molecule has 1 atom stereocenters. The fourth-order valence-corrected chi connectivity index (χ4v) is 1.44. The third-order valence-corrected chi connectivity index (χ3v) is 2.41. The van der Waals surface area contributed by atoms with Crippen molar-refractivity contribution in [3.8, 4) is 11.5 Å². The predicted octanol–water partition coefficient (Wildman–Crippen LogP) is 0.907. The van der Waals surface area contributed by atoms with Gasteiger partial charge in [-0.3, -0.25) is 0 Å². The number of fused-ring (bicyclic) bond motifs is 1. The standard InChI is InChI=1S/C11H12O5/c1-11(5-12)6-15-8-3-2-7(10(13)14)4-9(8)16-11/h2-4,12H,5-6H2,1H3,(H,13,14). The Kier molecular flexibility index (Phi) is 2.47. The molecule has 1 aromatic carbocycles. The molecule has 0 spiro atoms. The molecule has 0 fully saturated rings. The van der Waals surface area contributed by atoms with Gasteiger partial charge in [-0.2, -0.15) is 0 Å². The number of carboxylic acid groups (broad SMARTS) is 1. The third-order valence-electron chi connectivity index (χ3n) is 2.41. The molecular weight excluding hydrogens is 212 g/mol. The number of carboxylic acids is 1. The van der Waals surface area contributed by atoms with Gasteiger partial charge in [-0.05, 0) is 25.1 Å². The molecule has 0 amide bonds. The van der Waals surface area contributed by atoms with Crippen LogP contribution in [0.15, 0.2) is 18.2 Å². The smallest absolute Gasteiger partial charge is 0.335 e. The van der Waals surface area contributed by atoms with Crippen LogP contribution in [0.25, 0.3) is 0 Å². The number of aliphatic hydroxyl groups is 1. The van der Waals surface area contributed by atoms with Crippen LogP contribution in [0.3, 0.4) is 0 Å². The number of aromatic carboxylic acids is 1. The van der Waals surface area contributed by atoms with Crippen molar-refractivity contribution in [2.24, 2.45) is 0 Å². The first-order chi connectivity index (χ1) is 7.54. The fourth-order valence-electron chi connectivity index (χ4n) is 1.44. The van der Waals surface area contributed by atoms with E-state index in [2.05, 4.69) is 0 Å². The maximum absolute atomic E-state index is 10.8. The van der Waals surface area contributed by atoms with Gasteiger partial charge in [0, 0.05) is 0 Å². The van der Waals surface area contributed by atoms with Gasteiger partial charge in [-0.25, -0.2) is 4.79 Å². The summed E-state index contributed by atoms with van der Waals surface area (Å²) in [5.74, 6) is -0.179. The zero-order chi connectivity index (χ0) is 11.8. The summed E-state index contributed by atoms with van der Waals surface area (Å²) >= 11 is 0. The molecule has 0 saturated heterocycles. The molecule has 1 aliphatic rings. The molecule has 5 heteroatoms. The highest BCUT2D eigenvalue weighted by atomic mass is 16.6. The highest BCUT2D eigenvalue weighted by Crippen LogP contribution is 2.35. The number of aliphatic hydroxyl groups excluding tert-OH is 1. The summed E-state index contributed by atoms with van der Waals surface area (Å²) in [5.41, 5.74) is -0.686. The number of carbonyl (C=O) groups is 1. The van der Waals surface area contributed by atoms with Crippen LogP contribution in [-0.2, 0) is 0 Å². The topological polar surface area (TPSA) is 76.0 Å². The molecule has 0 radical (unpaired) electrons. The highest BCUT2D eigenvalue weighted by Gasteiger charge is 2.32. The zero-order valence-electron chi connectivity index (χ0n) is 8.77. The summed E-state index contributed by atoms with van der Waals surface area (Å²) in [7, 11) is 0. The van der Waals surface area contributed by atoms with Crippen LogP contribution in [0.1, 0.15) is 17.3 Å². The van der Waals surface area contributed by atoms with Gasteiger partial charge in [0.2, 0.25) is 0 Å². The summed E-state index contributed by atoms with van der Waals surface area (Å²) < 4.78 is 10.9. The predicted molar refractivity (Wildman–Crippen MR) is 55.0 cm³/mol. The molecule has 1 heterocycles. The van der Waals surface area contributed by atoms with Gasteiger partial charge in [-0.15, -0.1) is 0 Å². The molecule has 1 unspecified atom stereocenters. The number of ether oxygens (including phenoxy) is 2. The van der Waals surface area contributed by atoms with E-state index in [9.17, 15) is 4.79 Å². The lowest BCUT2D eigenvalue weighted by Crippen LogP contribution is -2.45. The average molecular weight is 224 g/mol. The summed E-state index contributed by atoms with van der Waals surface area (Å²) in [4.78, 5) is 10.8. The second-order valence-electron chi connectivity index (χ2n) is 3.97. The first-order valence-electron chi connectivity index (χ1n) is 4.84. The lowest BCUT2D eigenvalue weighted by Gasteiger charge is -2.34. The van der Waals surface area contributed by atoms with Crippen LogP contribution in [0, 0.1) is 0 Å². The van der Waals surface area contributed by atoms with Crippen LogP contribution in [0.4, 0.5) is 0 Å². The Bertz CT molecular complexity index is 428. The Hall–Kier alpha value is -1.75. The van der Waals surface area contributed by atoms with E-state index in [1.807, 2.05) is 0 Å². The van der Waals surface area contributed by atoms with Gasteiger partial charge in [0.1, 0.15) is 6.61 Å². The van der Waals surface area contributed by atoms with E-state index in [0.29, 0.717) is 11.5 Å². The molecule has 1 aromatic rings. The second-order valence-corrected chi connectivity index (χ2v) is 3.97. The monoisotopic (exact) mass is 224 g/mol. The molecule has 86 valence electrons. The molecule has 16 heavy (non-hydrogen) atoms. The first kappa shape index (κ1) is 10.8. The van der Waals surface area contributed by atoms with Crippen molar-refractivity contribution in [2.75, 3.05) is 13.2 Å². The van der Waals surface area contributed by atoms with Crippen molar-refractivity contribution < 1.29 is 24.5 Å². The summed E-state index contributed by atoms with van der Waals surface area (Å²) in [5, 5.41) is 18.0. The number of hydrogen-bond acceptors (Lipinski definition) is 4. The van der Waals surface area contributed by atoms with Gasteiger partial charge < -0.3 is 19.7 Å². The minimum Gasteiger partial charge on any atom is -0.485 e. The zero-order valence-corrected chi connectivity index (χ0v) is 8.77. The van der Waals surface area contributed by atoms with Crippen LogP contribution in [0.2, 0.25) is 0 Å². The van der Waals surface area contributed by atoms with Crippen molar-refractivity contribution >= 4 is 5.97 Å². The van der Waals surface area contributed by atoms with Crippen LogP contribution in [-0.4, -0.2) is 35.0 Å². The summed E-state index contributed by atoms with van der Waals surface area (Å²) in [6.07, 6.45) is 0. The molecule has 1 aliphatic heterocycles. The van der Waals surface area contributed by atoms with Gasteiger partial charge in [0.25, 0.3) is 0 Å². The Morgan fingerprint density at radius 2 is 2.25 bits per heavy atom. The van der Waals surface area contributed by atoms with Crippen molar-refractivity contribution in [1.82, 2.24) is 0 Å². The molecule has 0 aliphatic carbocycles. The fraction of sp³-hybridized carbons (Fsp3) is 0.364. The molecule has 2 rings (SSSR count). The van der Waals surface area contributed by atoms with E-state index in [4.69, 9.17) is 19.7 Å². The molecule has 0 saturated carbocycles. The SMILES string of the molecule is CC1(CO)COc2ccc(C(=O)O)cc2O1. The maximum Gasteiger partial charge on any atom is 0.335 e. The van der Waals surface area contributed by atoms with E-state index < -0.39 is 11.6 Å². The lowest BCUT2D eigenvalue weighted by molar-refractivity contribution is -0.0337. The van der Waals surface area contributed by atoms with Gasteiger partial charge in [0.05, 0.1) is 12.2 Å². The van der Waals surface area contributed by atoms with Crippen molar-refractivity contribution in [3.05, 3.63) is 23.8 Å². The van der Waals surface area contributed by atoms with E-state index in [0.717, 1.165) is 0 Å². The van der Waals surface area contributed by atoms with E-state index in [1.165, 1.54) is 12.1 Å². The molecular formula is C11H12O5.